The molecule has 4 rings (SSSR count). The fourth-order valence-electron chi connectivity index (χ4n) is 3.74. The van der Waals surface area contributed by atoms with Crippen molar-refractivity contribution in [3.05, 3.63) is 12.1 Å². The molecule has 4 heterocycles. The zero-order valence-corrected chi connectivity index (χ0v) is 13.8. The maximum atomic E-state index is 12.9. The second kappa shape index (κ2) is 6.70. The van der Waals surface area contributed by atoms with E-state index in [9.17, 15) is 4.79 Å². The molecule has 2 saturated heterocycles. The number of tetrazole rings is 1. The van der Waals surface area contributed by atoms with Crippen molar-refractivity contribution < 1.29 is 4.79 Å². The van der Waals surface area contributed by atoms with Crippen LogP contribution < -0.4 is 4.90 Å². The second-order valence-electron chi connectivity index (χ2n) is 6.74. The van der Waals surface area contributed by atoms with Crippen LogP contribution in [0.5, 0.6) is 0 Å². The highest BCUT2D eigenvalue weighted by Crippen LogP contribution is 2.24. The lowest BCUT2D eigenvalue weighted by atomic mass is 9.96. The van der Waals surface area contributed by atoms with Gasteiger partial charge in [-0.1, -0.05) is 12.8 Å². The van der Waals surface area contributed by atoms with E-state index in [4.69, 9.17) is 0 Å². The average Bonchev–Trinajstić information content (AvgIpc) is 2.93. The Labute approximate surface area is 140 Å². The monoisotopic (exact) mass is 329 g/mol. The Kier molecular flexibility index (Phi) is 4.27. The molecular formula is C16H23N7O. The Bertz CT molecular complexity index is 707. The van der Waals surface area contributed by atoms with Gasteiger partial charge in [0.15, 0.2) is 11.5 Å². The predicted molar refractivity (Wildman–Crippen MR) is 88.6 cm³/mol. The number of carbonyl (C=O) groups is 1. The van der Waals surface area contributed by atoms with E-state index in [-0.39, 0.29) is 5.92 Å². The molecule has 2 aliphatic heterocycles. The van der Waals surface area contributed by atoms with E-state index in [1.807, 2.05) is 12.1 Å². The molecule has 2 aliphatic rings. The van der Waals surface area contributed by atoms with E-state index in [0.29, 0.717) is 11.6 Å². The SMILES string of the molecule is O=C([C@H]1CCCN(c2ccc3nnnn3n2)C1)N1CCCCCC1. The first-order chi connectivity index (χ1) is 11.8. The molecule has 8 heteroatoms. The predicted octanol–water partition coefficient (Wildman–Crippen LogP) is 1.14. The maximum absolute atomic E-state index is 12.9. The van der Waals surface area contributed by atoms with Crippen LogP contribution in [0.3, 0.4) is 0 Å². The lowest BCUT2D eigenvalue weighted by Crippen LogP contribution is -2.45. The molecule has 2 aromatic rings. The number of aromatic nitrogens is 5. The zero-order chi connectivity index (χ0) is 16.4. The second-order valence-corrected chi connectivity index (χ2v) is 6.74. The minimum absolute atomic E-state index is 0.0724. The standard InChI is InChI=1S/C16H23N7O/c24-16(21-9-3-1-2-4-10-21)13-6-5-11-22(12-13)15-8-7-14-17-19-20-23(14)18-15/h7-8,13H,1-6,9-12H2/t13-/m0/s1. The first kappa shape index (κ1) is 15.3. The number of piperidine rings is 1. The Morgan fingerprint density at radius 2 is 1.88 bits per heavy atom. The van der Waals surface area contributed by atoms with Crippen LogP contribution in [0.25, 0.3) is 5.65 Å². The molecule has 128 valence electrons. The number of nitrogens with zero attached hydrogens (tertiary/aromatic N) is 7. The summed E-state index contributed by atoms with van der Waals surface area (Å²) >= 11 is 0. The van der Waals surface area contributed by atoms with Crippen molar-refractivity contribution in [2.45, 2.75) is 38.5 Å². The number of anilines is 1. The van der Waals surface area contributed by atoms with E-state index in [1.165, 1.54) is 17.5 Å². The third-order valence-electron chi connectivity index (χ3n) is 5.07. The molecule has 0 saturated carbocycles. The van der Waals surface area contributed by atoms with Gasteiger partial charge in [-0.15, -0.1) is 14.8 Å². The molecule has 0 aliphatic carbocycles. The molecule has 0 unspecified atom stereocenters. The maximum Gasteiger partial charge on any atom is 0.227 e. The van der Waals surface area contributed by atoms with Crippen LogP contribution >= 0.6 is 0 Å². The Morgan fingerprint density at radius 3 is 2.71 bits per heavy atom. The fraction of sp³-hybridized carbons (Fsp3) is 0.688. The number of carbonyl (C=O) groups excluding carboxylic acids is 1. The van der Waals surface area contributed by atoms with Gasteiger partial charge >= 0.3 is 0 Å². The molecule has 2 fully saturated rings. The summed E-state index contributed by atoms with van der Waals surface area (Å²) in [5, 5.41) is 15.8. The van der Waals surface area contributed by atoms with Crippen LogP contribution in [0, 0.1) is 5.92 Å². The first-order valence-electron chi connectivity index (χ1n) is 8.90. The van der Waals surface area contributed by atoms with Crippen molar-refractivity contribution >= 4 is 17.4 Å². The summed E-state index contributed by atoms with van der Waals surface area (Å²) in [6, 6.07) is 3.80. The summed E-state index contributed by atoms with van der Waals surface area (Å²) in [5.74, 6) is 1.23. The summed E-state index contributed by atoms with van der Waals surface area (Å²) in [6.07, 6.45) is 6.75. The van der Waals surface area contributed by atoms with E-state index in [0.717, 1.165) is 57.7 Å². The summed E-state index contributed by atoms with van der Waals surface area (Å²) in [5.41, 5.74) is 0.632. The van der Waals surface area contributed by atoms with Crippen LogP contribution in [0.1, 0.15) is 38.5 Å². The molecule has 0 bridgehead atoms. The van der Waals surface area contributed by atoms with Crippen LogP contribution in [-0.2, 0) is 4.79 Å². The molecule has 8 nitrogen and oxygen atoms in total. The number of hydrogen-bond acceptors (Lipinski definition) is 6. The minimum Gasteiger partial charge on any atom is -0.354 e. The smallest absolute Gasteiger partial charge is 0.227 e. The third-order valence-corrected chi connectivity index (χ3v) is 5.07. The summed E-state index contributed by atoms with van der Waals surface area (Å²) in [4.78, 5) is 17.2. The topological polar surface area (TPSA) is 79.5 Å². The van der Waals surface area contributed by atoms with Gasteiger partial charge in [-0.25, -0.2) is 0 Å². The first-order valence-corrected chi connectivity index (χ1v) is 8.90. The van der Waals surface area contributed by atoms with Gasteiger partial charge in [0.05, 0.1) is 5.92 Å². The minimum atomic E-state index is 0.0724. The number of hydrogen-bond donors (Lipinski definition) is 0. The quantitative estimate of drug-likeness (QED) is 0.822. The van der Waals surface area contributed by atoms with Crippen LogP contribution in [0.4, 0.5) is 5.82 Å². The Hall–Kier alpha value is -2.25. The van der Waals surface area contributed by atoms with E-state index < -0.39 is 0 Å². The lowest BCUT2D eigenvalue weighted by Gasteiger charge is -2.35. The zero-order valence-electron chi connectivity index (χ0n) is 13.8. The van der Waals surface area contributed by atoms with Crippen LogP contribution in [0.2, 0.25) is 0 Å². The van der Waals surface area contributed by atoms with E-state index >= 15 is 0 Å². The van der Waals surface area contributed by atoms with Gasteiger partial charge in [0.25, 0.3) is 0 Å². The molecule has 2 aromatic heterocycles. The molecule has 0 aromatic carbocycles. The van der Waals surface area contributed by atoms with Gasteiger partial charge in [-0.05, 0) is 48.2 Å². The van der Waals surface area contributed by atoms with Gasteiger partial charge in [-0.2, -0.15) is 0 Å². The van der Waals surface area contributed by atoms with Crippen molar-refractivity contribution in [1.82, 2.24) is 30.2 Å². The van der Waals surface area contributed by atoms with Crippen molar-refractivity contribution in [1.29, 1.82) is 0 Å². The third kappa shape index (κ3) is 3.05. The van der Waals surface area contributed by atoms with Gasteiger partial charge in [0.1, 0.15) is 0 Å². The highest BCUT2D eigenvalue weighted by Gasteiger charge is 2.30. The molecular weight excluding hydrogens is 306 g/mol. The molecule has 1 atom stereocenters. The molecule has 0 radical (unpaired) electrons. The Morgan fingerprint density at radius 1 is 1.04 bits per heavy atom. The number of likely N-dealkylation sites (tertiary alicyclic amines) is 1. The average molecular weight is 329 g/mol. The molecule has 0 spiro atoms. The normalized spacial score (nSPS) is 22.6. The lowest BCUT2D eigenvalue weighted by molar-refractivity contribution is -0.135. The van der Waals surface area contributed by atoms with Crippen molar-refractivity contribution in [2.75, 3.05) is 31.1 Å². The van der Waals surface area contributed by atoms with E-state index in [2.05, 4.69) is 30.4 Å². The highest BCUT2D eigenvalue weighted by molar-refractivity contribution is 5.79. The number of rotatable bonds is 2. The molecule has 24 heavy (non-hydrogen) atoms. The highest BCUT2D eigenvalue weighted by atomic mass is 16.2. The number of fused-ring (bicyclic) bond motifs is 1. The van der Waals surface area contributed by atoms with Gasteiger partial charge in [0, 0.05) is 26.2 Å². The molecule has 1 amide bonds. The van der Waals surface area contributed by atoms with Crippen LogP contribution in [-0.4, -0.2) is 62.2 Å². The fourth-order valence-corrected chi connectivity index (χ4v) is 3.74. The molecule has 0 N–H and O–H groups in total. The summed E-state index contributed by atoms with van der Waals surface area (Å²) in [6.45, 7) is 3.49. The Balaban J connectivity index is 1.47. The van der Waals surface area contributed by atoms with Gasteiger partial charge in [-0.3, -0.25) is 4.79 Å². The van der Waals surface area contributed by atoms with Gasteiger partial charge in [0.2, 0.25) is 5.91 Å². The van der Waals surface area contributed by atoms with Gasteiger partial charge < -0.3 is 9.80 Å². The van der Waals surface area contributed by atoms with E-state index in [1.54, 1.807) is 0 Å². The van der Waals surface area contributed by atoms with Crippen molar-refractivity contribution in [2.24, 2.45) is 5.92 Å². The van der Waals surface area contributed by atoms with Crippen molar-refractivity contribution in [3.8, 4) is 0 Å². The summed E-state index contributed by atoms with van der Waals surface area (Å²) in [7, 11) is 0. The summed E-state index contributed by atoms with van der Waals surface area (Å²) < 4.78 is 1.44. The number of amides is 1. The largest absolute Gasteiger partial charge is 0.354 e. The van der Waals surface area contributed by atoms with Crippen LogP contribution in [0.15, 0.2) is 12.1 Å². The van der Waals surface area contributed by atoms with Crippen molar-refractivity contribution in [3.63, 3.8) is 0 Å².